The summed E-state index contributed by atoms with van der Waals surface area (Å²) in [5.41, 5.74) is 1.78. The molecule has 0 spiro atoms. The number of halogens is 2. The average molecular weight is 593 g/mol. The first-order valence-corrected chi connectivity index (χ1v) is 14.7. The van der Waals surface area contributed by atoms with Crippen LogP contribution in [0.5, 0.6) is 17.2 Å². The predicted octanol–water partition coefficient (Wildman–Crippen LogP) is 5.64. The molecule has 9 heteroatoms. The second kappa shape index (κ2) is 13.0. The van der Waals surface area contributed by atoms with Crippen LogP contribution in [0, 0.1) is 0 Å². The highest BCUT2D eigenvalue weighted by molar-refractivity contribution is 5.93. The molecular formula is C34H38F2N2O5. The third kappa shape index (κ3) is 6.17. The summed E-state index contributed by atoms with van der Waals surface area (Å²) >= 11 is 0. The smallest absolute Gasteiger partial charge is 0.350 e. The molecule has 2 heterocycles. The minimum Gasteiger partial charge on any atom is -0.493 e. The Bertz CT molecular complexity index is 1350. The van der Waals surface area contributed by atoms with E-state index < -0.39 is 29.5 Å². The normalized spacial score (nSPS) is 18.2. The van der Waals surface area contributed by atoms with Crippen molar-refractivity contribution < 1.29 is 32.6 Å². The summed E-state index contributed by atoms with van der Waals surface area (Å²) < 4.78 is 47.5. The van der Waals surface area contributed by atoms with Gasteiger partial charge in [0.05, 0.1) is 27.4 Å². The molecule has 2 amide bonds. The molecule has 2 saturated heterocycles. The lowest BCUT2D eigenvalue weighted by Gasteiger charge is -2.44. The lowest BCUT2D eigenvalue weighted by Crippen LogP contribution is -2.63. The molecule has 3 aromatic rings. The lowest BCUT2D eigenvalue weighted by molar-refractivity contribution is -0.171. The molecule has 0 aliphatic carbocycles. The van der Waals surface area contributed by atoms with E-state index in [1.807, 2.05) is 41.3 Å². The van der Waals surface area contributed by atoms with Gasteiger partial charge in [-0.2, -0.15) is 8.78 Å². The largest absolute Gasteiger partial charge is 0.493 e. The maximum absolute atomic E-state index is 15.9. The van der Waals surface area contributed by atoms with Crippen LogP contribution in [0.3, 0.4) is 0 Å². The summed E-state index contributed by atoms with van der Waals surface area (Å²) in [6, 6.07) is 20.9. The van der Waals surface area contributed by atoms with Crippen molar-refractivity contribution in [2.45, 2.75) is 62.6 Å². The molecule has 2 aliphatic rings. The standard InChI is InChI=1S/C34H38F2N2O5/c1-41-29-20-25(21-30(42-2)31(29)43-3)34(35,36)33(40)38-27-18-19-28(38)32(39)37(22-27)26(16-14-23-10-6-4-7-11-23)17-15-24-12-8-5-9-13-24/h4-13,20-21,26-28H,14-19,22H2,1-3H3/t27-,28+/m1/s1. The zero-order chi connectivity index (χ0) is 30.6. The molecule has 3 aromatic carbocycles. The summed E-state index contributed by atoms with van der Waals surface area (Å²) in [5, 5.41) is 0. The van der Waals surface area contributed by atoms with Crippen LogP contribution >= 0.6 is 0 Å². The second-order valence-corrected chi connectivity index (χ2v) is 11.1. The predicted molar refractivity (Wildman–Crippen MR) is 159 cm³/mol. The van der Waals surface area contributed by atoms with Gasteiger partial charge in [-0.3, -0.25) is 9.59 Å². The third-order valence-corrected chi connectivity index (χ3v) is 8.67. The number of benzene rings is 3. The van der Waals surface area contributed by atoms with Crippen LogP contribution < -0.4 is 14.2 Å². The number of likely N-dealkylation sites (tertiary alicyclic amines) is 1. The van der Waals surface area contributed by atoms with Crippen molar-refractivity contribution in [1.29, 1.82) is 0 Å². The second-order valence-electron chi connectivity index (χ2n) is 11.1. The van der Waals surface area contributed by atoms with Crippen molar-refractivity contribution in [1.82, 2.24) is 9.80 Å². The van der Waals surface area contributed by atoms with Crippen molar-refractivity contribution in [2.24, 2.45) is 0 Å². The van der Waals surface area contributed by atoms with E-state index in [-0.39, 0.29) is 35.7 Å². The number of alkyl halides is 2. The fraction of sp³-hybridized carbons (Fsp3) is 0.412. The Morgan fingerprint density at radius 1 is 0.860 bits per heavy atom. The highest BCUT2D eigenvalue weighted by Gasteiger charge is 2.55. The van der Waals surface area contributed by atoms with Crippen molar-refractivity contribution in [3.8, 4) is 17.2 Å². The minimum absolute atomic E-state index is 0.0212. The van der Waals surface area contributed by atoms with Gasteiger partial charge in [-0.05, 0) is 61.8 Å². The quantitative estimate of drug-likeness (QED) is 0.272. The molecule has 2 bridgehead atoms. The molecule has 2 aliphatic heterocycles. The van der Waals surface area contributed by atoms with Gasteiger partial charge < -0.3 is 24.0 Å². The first kappa shape index (κ1) is 30.3. The Morgan fingerprint density at radius 3 is 1.88 bits per heavy atom. The summed E-state index contributed by atoms with van der Waals surface area (Å²) in [4.78, 5) is 30.5. The highest BCUT2D eigenvalue weighted by Crippen LogP contribution is 2.45. The van der Waals surface area contributed by atoms with Crippen molar-refractivity contribution in [3.63, 3.8) is 0 Å². The van der Waals surface area contributed by atoms with E-state index in [4.69, 9.17) is 14.2 Å². The number of carbonyl (C=O) groups is 2. The van der Waals surface area contributed by atoms with Gasteiger partial charge in [-0.15, -0.1) is 0 Å². The van der Waals surface area contributed by atoms with Crippen LogP contribution in [0.2, 0.25) is 0 Å². The van der Waals surface area contributed by atoms with Crippen molar-refractivity contribution in [2.75, 3.05) is 27.9 Å². The zero-order valence-electron chi connectivity index (χ0n) is 24.8. The van der Waals surface area contributed by atoms with Gasteiger partial charge in [-0.1, -0.05) is 60.7 Å². The summed E-state index contributed by atoms with van der Waals surface area (Å²) in [6.07, 6.45) is 3.94. The topological polar surface area (TPSA) is 68.3 Å². The number of hydrogen-bond acceptors (Lipinski definition) is 5. The fourth-order valence-corrected chi connectivity index (χ4v) is 6.41. The molecule has 0 aromatic heterocycles. The van der Waals surface area contributed by atoms with Crippen LogP contribution in [0.4, 0.5) is 8.78 Å². The van der Waals surface area contributed by atoms with Crippen LogP contribution in [0.25, 0.3) is 0 Å². The maximum Gasteiger partial charge on any atom is 0.350 e. The SMILES string of the molecule is COc1cc(C(F)(F)C(=O)N2[C@@H]3CC[C@H]2C(=O)N(C(CCc2ccccc2)CCc2ccccc2)C3)cc(OC)c1OC. The molecule has 0 unspecified atom stereocenters. The number of nitrogens with zero attached hydrogens (tertiary/aromatic N) is 2. The summed E-state index contributed by atoms with van der Waals surface area (Å²) in [7, 11) is 4.02. The Labute approximate surface area is 251 Å². The Hall–Kier alpha value is -4.14. The Kier molecular flexibility index (Phi) is 9.18. The molecule has 228 valence electrons. The van der Waals surface area contributed by atoms with Crippen LogP contribution in [0.1, 0.15) is 42.4 Å². The zero-order valence-corrected chi connectivity index (χ0v) is 24.8. The van der Waals surface area contributed by atoms with Gasteiger partial charge >= 0.3 is 5.92 Å². The maximum atomic E-state index is 15.9. The molecule has 0 saturated carbocycles. The van der Waals surface area contributed by atoms with Gasteiger partial charge in [0.2, 0.25) is 11.7 Å². The summed E-state index contributed by atoms with van der Waals surface area (Å²) in [5.74, 6) is -5.35. The number of rotatable bonds is 12. The molecule has 2 atom stereocenters. The van der Waals surface area contributed by atoms with E-state index in [9.17, 15) is 9.59 Å². The third-order valence-electron chi connectivity index (χ3n) is 8.67. The van der Waals surface area contributed by atoms with Gasteiger partial charge in [0, 0.05) is 18.2 Å². The molecule has 5 rings (SSSR count). The molecule has 2 fully saturated rings. The van der Waals surface area contributed by atoms with E-state index in [2.05, 4.69) is 24.3 Å². The van der Waals surface area contributed by atoms with Crippen molar-refractivity contribution in [3.05, 3.63) is 89.5 Å². The average Bonchev–Trinajstić information content (AvgIpc) is 3.38. The lowest BCUT2D eigenvalue weighted by atomic mass is 9.95. The molecular weight excluding hydrogens is 554 g/mol. The first-order valence-electron chi connectivity index (χ1n) is 14.7. The number of fused-ring (bicyclic) bond motifs is 2. The van der Waals surface area contributed by atoms with Crippen molar-refractivity contribution >= 4 is 11.8 Å². The molecule has 7 nitrogen and oxygen atoms in total. The Morgan fingerprint density at radius 2 is 1.40 bits per heavy atom. The van der Waals surface area contributed by atoms with Gasteiger partial charge in [0.1, 0.15) is 6.04 Å². The van der Waals surface area contributed by atoms with Crippen LogP contribution in [-0.4, -0.2) is 67.6 Å². The molecule has 0 radical (unpaired) electrons. The number of aryl methyl sites for hydroxylation is 2. The number of hydrogen-bond donors (Lipinski definition) is 0. The van der Waals surface area contributed by atoms with Gasteiger partial charge in [0.25, 0.3) is 5.91 Å². The number of ether oxygens (including phenoxy) is 3. The first-order chi connectivity index (χ1) is 20.8. The number of carbonyl (C=O) groups excluding carboxylic acids is 2. The monoisotopic (exact) mass is 592 g/mol. The minimum atomic E-state index is -3.91. The van der Waals surface area contributed by atoms with Crippen LogP contribution in [0.15, 0.2) is 72.8 Å². The number of amides is 2. The van der Waals surface area contributed by atoms with Gasteiger partial charge in [0.15, 0.2) is 11.5 Å². The number of methoxy groups -OCH3 is 3. The van der Waals surface area contributed by atoms with E-state index in [0.29, 0.717) is 12.8 Å². The molecule has 43 heavy (non-hydrogen) atoms. The summed E-state index contributed by atoms with van der Waals surface area (Å²) in [6.45, 7) is 0.237. The van der Waals surface area contributed by atoms with E-state index in [1.165, 1.54) is 32.5 Å². The highest BCUT2D eigenvalue weighted by atomic mass is 19.3. The Balaban J connectivity index is 1.37. The van der Waals surface area contributed by atoms with Crippen LogP contribution in [-0.2, 0) is 28.4 Å². The fourth-order valence-electron chi connectivity index (χ4n) is 6.41. The van der Waals surface area contributed by atoms with E-state index in [1.54, 1.807) is 0 Å². The molecule has 0 N–H and O–H groups in total. The van der Waals surface area contributed by atoms with E-state index in [0.717, 1.165) is 42.7 Å². The van der Waals surface area contributed by atoms with Gasteiger partial charge in [-0.25, -0.2) is 0 Å². The number of piperazine rings is 1. The van der Waals surface area contributed by atoms with E-state index >= 15 is 8.78 Å².